The molecule has 0 saturated carbocycles. The van der Waals surface area contributed by atoms with Crippen LogP contribution in [0.1, 0.15) is 18.4 Å². The molecule has 0 aliphatic carbocycles. The van der Waals surface area contributed by atoms with Crippen LogP contribution in [0.4, 0.5) is 0 Å². The Morgan fingerprint density at radius 1 is 1.16 bits per heavy atom. The minimum atomic E-state index is 0.289. The molecule has 2 fully saturated rings. The molecule has 3 rings (SSSR count). The highest BCUT2D eigenvalue weighted by Crippen LogP contribution is 2.35. The summed E-state index contributed by atoms with van der Waals surface area (Å²) in [5, 5.41) is 1.21. The van der Waals surface area contributed by atoms with Gasteiger partial charge in [0.2, 0.25) is 0 Å². The summed E-state index contributed by atoms with van der Waals surface area (Å²) in [5.41, 5.74) is 1.03. The van der Waals surface area contributed by atoms with Crippen molar-refractivity contribution in [3.05, 3.63) is 27.7 Å². The molecule has 104 valence electrons. The van der Waals surface area contributed by atoms with E-state index in [4.69, 9.17) is 37.4 Å². The van der Waals surface area contributed by atoms with E-state index in [9.17, 15) is 0 Å². The fourth-order valence-electron chi connectivity index (χ4n) is 2.08. The Kier molecular flexibility index (Phi) is 4.18. The summed E-state index contributed by atoms with van der Waals surface area (Å²) < 4.78 is 16.3. The van der Waals surface area contributed by atoms with Gasteiger partial charge in [0.1, 0.15) is 5.75 Å². The molecule has 5 heteroatoms. The fraction of sp³-hybridized carbons (Fsp3) is 0.571. The molecule has 1 aromatic carbocycles. The smallest absolute Gasteiger partial charge is 0.141 e. The second-order valence-electron chi connectivity index (χ2n) is 4.98. The Morgan fingerprint density at radius 2 is 1.89 bits per heavy atom. The number of benzene rings is 1. The normalized spacial score (nSPS) is 24.3. The molecule has 19 heavy (non-hydrogen) atoms. The van der Waals surface area contributed by atoms with Gasteiger partial charge in [-0.15, -0.1) is 0 Å². The Labute approximate surface area is 122 Å². The Bertz CT molecular complexity index is 456. The number of epoxide rings is 2. The Hall–Kier alpha value is -0.480. The summed E-state index contributed by atoms with van der Waals surface area (Å²) in [6.45, 7) is 2.36. The van der Waals surface area contributed by atoms with Crippen molar-refractivity contribution in [1.29, 1.82) is 0 Å². The monoisotopic (exact) mass is 302 g/mol. The van der Waals surface area contributed by atoms with Crippen LogP contribution in [0.3, 0.4) is 0 Å². The highest BCUT2D eigenvalue weighted by molar-refractivity contribution is 6.35. The van der Waals surface area contributed by atoms with E-state index in [1.54, 1.807) is 6.07 Å². The largest absolute Gasteiger partial charge is 0.492 e. The zero-order chi connectivity index (χ0) is 13.2. The lowest BCUT2D eigenvalue weighted by atomic mass is 10.1. The van der Waals surface area contributed by atoms with Gasteiger partial charge in [0.05, 0.1) is 37.1 Å². The Morgan fingerprint density at radius 3 is 2.58 bits per heavy atom. The van der Waals surface area contributed by atoms with Gasteiger partial charge in [0.25, 0.3) is 0 Å². The first-order valence-electron chi connectivity index (χ1n) is 6.56. The van der Waals surface area contributed by atoms with Gasteiger partial charge >= 0.3 is 0 Å². The number of hydrogen-bond acceptors (Lipinski definition) is 3. The van der Waals surface area contributed by atoms with Crippen LogP contribution in [0.15, 0.2) is 12.1 Å². The quantitative estimate of drug-likeness (QED) is 0.571. The molecule has 0 N–H and O–H groups in total. The van der Waals surface area contributed by atoms with Crippen LogP contribution in [0.2, 0.25) is 10.0 Å². The van der Waals surface area contributed by atoms with Crippen LogP contribution in [0.25, 0.3) is 0 Å². The van der Waals surface area contributed by atoms with E-state index < -0.39 is 0 Å². The SMILES string of the molecule is Clc1cc(Cl)c(OCCCC2CO2)c(CC2CO2)c1. The maximum absolute atomic E-state index is 6.22. The highest BCUT2D eigenvalue weighted by atomic mass is 35.5. The lowest BCUT2D eigenvalue weighted by Gasteiger charge is -2.13. The van der Waals surface area contributed by atoms with E-state index >= 15 is 0 Å². The fourth-order valence-corrected chi connectivity index (χ4v) is 2.67. The first-order valence-corrected chi connectivity index (χ1v) is 7.32. The first-order chi connectivity index (χ1) is 9.22. The summed E-state index contributed by atoms with van der Waals surface area (Å²) in [5.74, 6) is 0.748. The molecule has 2 heterocycles. The van der Waals surface area contributed by atoms with Crippen molar-refractivity contribution in [3.63, 3.8) is 0 Å². The van der Waals surface area contributed by atoms with Crippen LogP contribution in [-0.4, -0.2) is 32.0 Å². The van der Waals surface area contributed by atoms with Crippen LogP contribution >= 0.6 is 23.2 Å². The zero-order valence-corrected chi connectivity index (χ0v) is 12.0. The molecule has 2 unspecified atom stereocenters. The second-order valence-corrected chi connectivity index (χ2v) is 5.82. The summed E-state index contributed by atoms with van der Waals surface area (Å²) in [6.07, 6.45) is 3.57. The molecule has 0 spiro atoms. The van der Waals surface area contributed by atoms with Gasteiger partial charge in [-0.25, -0.2) is 0 Å². The average Bonchev–Trinajstić information content (AvgIpc) is 3.21. The zero-order valence-electron chi connectivity index (χ0n) is 10.5. The number of hydrogen-bond donors (Lipinski definition) is 0. The van der Waals surface area contributed by atoms with E-state index in [1.807, 2.05) is 6.07 Å². The van der Waals surface area contributed by atoms with Crippen molar-refractivity contribution >= 4 is 23.2 Å². The molecule has 3 nitrogen and oxygen atoms in total. The van der Waals surface area contributed by atoms with Crippen molar-refractivity contribution in [3.8, 4) is 5.75 Å². The minimum Gasteiger partial charge on any atom is -0.492 e. The molecule has 2 atom stereocenters. The summed E-state index contributed by atoms with van der Waals surface area (Å²) in [7, 11) is 0. The van der Waals surface area contributed by atoms with Crippen LogP contribution in [-0.2, 0) is 15.9 Å². The molecular formula is C14H16Cl2O3. The van der Waals surface area contributed by atoms with E-state index in [0.29, 0.717) is 22.8 Å². The minimum absolute atomic E-state index is 0.289. The predicted molar refractivity (Wildman–Crippen MR) is 74.4 cm³/mol. The second kappa shape index (κ2) is 5.88. The van der Waals surface area contributed by atoms with Crippen molar-refractivity contribution < 1.29 is 14.2 Å². The molecule has 2 saturated heterocycles. The number of ether oxygens (including phenoxy) is 3. The van der Waals surface area contributed by atoms with Crippen molar-refractivity contribution in [2.75, 3.05) is 19.8 Å². The molecule has 0 radical (unpaired) electrons. The lowest BCUT2D eigenvalue weighted by molar-refractivity contribution is 0.290. The third-order valence-corrected chi connectivity index (χ3v) is 3.75. The third-order valence-electron chi connectivity index (χ3n) is 3.25. The van der Waals surface area contributed by atoms with Crippen molar-refractivity contribution in [1.82, 2.24) is 0 Å². The number of rotatable bonds is 7. The van der Waals surface area contributed by atoms with E-state index in [0.717, 1.165) is 43.8 Å². The lowest BCUT2D eigenvalue weighted by Crippen LogP contribution is -2.04. The van der Waals surface area contributed by atoms with Gasteiger partial charge in [-0.05, 0) is 30.5 Å². The van der Waals surface area contributed by atoms with Crippen LogP contribution < -0.4 is 4.74 Å². The van der Waals surface area contributed by atoms with Crippen molar-refractivity contribution in [2.24, 2.45) is 0 Å². The molecule has 2 aliphatic heterocycles. The number of halogens is 2. The topological polar surface area (TPSA) is 34.3 Å². The van der Waals surface area contributed by atoms with Gasteiger partial charge in [-0.2, -0.15) is 0 Å². The van der Waals surface area contributed by atoms with Gasteiger partial charge in [-0.1, -0.05) is 23.2 Å². The van der Waals surface area contributed by atoms with Crippen molar-refractivity contribution in [2.45, 2.75) is 31.5 Å². The van der Waals surface area contributed by atoms with Gasteiger partial charge in [-0.3, -0.25) is 0 Å². The molecule has 2 aliphatic rings. The summed E-state index contributed by atoms with van der Waals surface area (Å²) in [4.78, 5) is 0. The molecule has 0 bridgehead atoms. The van der Waals surface area contributed by atoms with Crippen LogP contribution in [0, 0.1) is 0 Å². The average molecular weight is 303 g/mol. The van der Waals surface area contributed by atoms with E-state index in [2.05, 4.69) is 0 Å². The molecule has 0 amide bonds. The van der Waals surface area contributed by atoms with Gasteiger partial charge < -0.3 is 14.2 Å². The molecule has 0 aromatic heterocycles. The predicted octanol–water partition coefficient (Wildman–Crippen LogP) is 3.49. The maximum Gasteiger partial charge on any atom is 0.141 e. The standard InChI is InChI=1S/C14H16Cl2O3/c15-10-4-9(5-12-8-19-12)14(13(16)6-10)17-3-1-2-11-7-18-11/h4,6,11-12H,1-3,5,7-8H2. The first kappa shape index (κ1) is 13.5. The van der Waals surface area contributed by atoms with Gasteiger partial charge in [0, 0.05) is 11.4 Å². The molecular weight excluding hydrogens is 287 g/mol. The van der Waals surface area contributed by atoms with E-state index in [1.165, 1.54) is 0 Å². The summed E-state index contributed by atoms with van der Waals surface area (Å²) in [6, 6.07) is 3.63. The van der Waals surface area contributed by atoms with Gasteiger partial charge in [0.15, 0.2) is 0 Å². The van der Waals surface area contributed by atoms with Crippen LogP contribution in [0.5, 0.6) is 5.75 Å². The molecule has 1 aromatic rings. The Balaban J connectivity index is 1.62. The maximum atomic E-state index is 6.22. The van der Waals surface area contributed by atoms with E-state index in [-0.39, 0.29) is 6.10 Å². The highest BCUT2D eigenvalue weighted by Gasteiger charge is 2.25. The summed E-state index contributed by atoms with van der Waals surface area (Å²) >= 11 is 12.3. The third kappa shape index (κ3) is 3.99.